The van der Waals surface area contributed by atoms with Crippen LogP contribution >= 0.6 is 0 Å². The molecule has 0 atom stereocenters. The van der Waals surface area contributed by atoms with Crippen LogP contribution in [-0.2, 0) is 13.1 Å². The highest BCUT2D eigenvalue weighted by molar-refractivity contribution is 5.74. The van der Waals surface area contributed by atoms with Crippen molar-refractivity contribution in [3.8, 4) is 0 Å². The lowest BCUT2D eigenvalue weighted by Crippen LogP contribution is -2.49. The molecule has 0 radical (unpaired) electrons. The molecule has 1 aromatic heterocycles. The Kier molecular flexibility index (Phi) is 7.13. The molecule has 3 heterocycles. The van der Waals surface area contributed by atoms with Gasteiger partial charge in [0.05, 0.1) is 6.54 Å². The molecule has 0 bridgehead atoms. The number of nitrogens with zero attached hydrogens (tertiary/aromatic N) is 5. The molecule has 152 valence electrons. The van der Waals surface area contributed by atoms with Gasteiger partial charge in [-0.15, -0.1) is 0 Å². The van der Waals surface area contributed by atoms with Crippen LogP contribution < -0.4 is 5.32 Å². The van der Waals surface area contributed by atoms with Crippen LogP contribution in [0.15, 0.2) is 12.4 Å². The first-order chi connectivity index (χ1) is 13.0. The number of piperazine rings is 1. The molecule has 0 spiro atoms. The molecule has 0 aromatic carbocycles. The number of piperidine rings is 1. The van der Waals surface area contributed by atoms with Crippen molar-refractivity contribution < 1.29 is 4.79 Å². The smallest absolute Gasteiger partial charge is 0.317 e. The van der Waals surface area contributed by atoms with E-state index in [-0.39, 0.29) is 6.03 Å². The van der Waals surface area contributed by atoms with Gasteiger partial charge in [0.15, 0.2) is 0 Å². The van der Waals surface area contributed by atoms with Gasteiger partial charge in [-0.3, -0.25) is 0 Å². The zero-order valence-corrected chi connectivity index (χ0v) is 17.2. The second kappa shape index (κ2) is 9.55. The summed E-state index contributed by atoms with van der Waals surface area (Å²) in [6, 6.07) is 0.0483. The second-order valence-corrected chi connectivity index (χ2v) is 8.58. The van der Waals surface area contributed by atoms with Crippen LogP contribution in [0.4, 0.5) is 4.79 Å². The third-order valence-corrected chi connectivity index (χ3v) is 5.78. The van der Waals surface area contributed by atoms with Crippen molar-refractivity contribution in [2.75, 3.05) is 52.9 Å². The molecule has 7 heteroatoms. The van der Waals surface area contributed by atoms with E-state index in [0.717, 1.165) is 44.2 Å². The normalized spacial score (nSPS) is 20.4. The van der Waals surface area contributed by atoms with E-state index in [1.54, 1.807) is 0 Å². The molecule has 0 unspecified atom stereocenters. The van der Waals surface area contributed by atoms with Crippen molar-refractivity contribution in [2.24, 2.45) is 11.8 Å². The maximum Gasteiger partial charge on any atom is 0.317 e. The number of amides is 2. The van der Waals surface area contributed by atoms with Crippen LogP contribution in [0.1, 0.15) is 32.5 Å². The fourth-order valence-electron chi connectivity index (χ4n) is 4.05. The van der Waals surface area contributed by atoms with E-state index in [1.807, 2.05) is 17.3 Å². The van der Waals surface area contributed by atoms with Crippen LogP contribution in [-0.4, -0.2) is 83.1 Å². The van der Waals surface area contributed by atoms with Gasteiger partial charge in [-0.2, -0.15) is 0 Å². The Morgan fingerprint density at radius 1 is 1.19 bits per heavy atom. The molecule has 2 aliphatic rings. The number of carbonyl (C=O) groups excluding carboxylic acids is 1. The zero-order valence-electron chi connectivity index (χ0n) is 17.2. The molecule has 2 amide bonds. The number of likely N-dealkylation sites (tertiary alicyclic amines) is 1. The molecule has 3 rings (SSSR count). The third kappa shape index (κ3) is 5.94. The first-order valence-electron chi connectivity index (χ1n) is 10.4. The molecule has 27 heavy (non-hydrogen) atoms. The van der Waals surface area contributed by atoms with E-state index in [2.05, 4.69) is 45.6 Å². The number of rotatable bonds is 6. The van der Waals surface area contributed by atoms with Gasteiger partial charge in [0.1, 0.15) is 5.82 Å². The Morgan fingerprint density at radius 2 is 1.89 bits per heavy atom. The van der Waals surface area contributed by atoms with E-state index in [0.29, 0.717) is 12.5 Å². The standard InChI is InChI=1S/C20H36N6O/c1-17(2)15-26-9-6-21-19(26)14-22-20(27)25-7-4-18(5-8-25)16-24-12-10-23(3)11-13-24/h6,9,17-18H,4-5,7-8,10-16H2,1-3H3,(H,22,27). The molecule has 1 N–H and O–H groups in total. The van der Waals surface area contributed by atoms with Gasteiger partial charge in [0.2, 0.25) is 0 Å². The van der Waals surface area contributed by atoms with Crippen LogP contribution in [0.3, 0.4) is 0 Å². The lowest BCUT2D eigenvalue weighted by Gasteiger charge is -2.37. The lowest BCUT2D eigenvalue weighted by molar-refractivity contribution is 0.111. The van der Waals surface area contributed by atoms with Crippen molar-refractivity contribution >= 4 is 6.03 Å². The highest BCUT2D eigenvalue weighted by Crippen LogP contribution is 2.19. The fourth-order valence-corrected chi connectivity index (χ4v) is 4.05. The fraction of sp³-hybridized carbons (Fsp3) is 0.800. The number of carbonyl (C=O) groups is 1. The van der Waals surface area contributed by atoms with Crippen molar-refractivity contribution in [3.63, 3.8) is 0 Å². The van der Waals surface area contributed by atoms with Gasteiger partial charge in [0, 0.05) is 64.8 Å². The molecule has 2 saturated heterocycles. The van der Waals surface area contributed by atoms with E-state index in [9.17, 15) is 4.79 Å². The summed E-state index contributed by atoms with van der Waals surface area (Å²) >= 11 is 0. The summed E-state index contributed by atoms with van der Waals surface area (Å²) in [6.45, 7) is 13.4. The minimum atomic E-state index is 0.0483. The number of hydrogen-bond acceptors (Lipinski definition) is 4. The van der Waals surface area contributed by atoms with Crippen molar-refractivity contribution in [1.82, 2.24) is 29.6 Å². The van der Waals surface area contributed by atoms with Gasteiger partial charge in [0.25, 0.3) is 0 Å². The first kappa shape index (κ1) is 20.1. The summed E-state index contributed by atoms with van der Waals surface area (Å²) in [4.78, 5) is 23.9. The lowest BCUT2D eigenvalue weighted by atomic mass is 9.96. The number of likely N-dealkylation sites (N-methyl/N-ethyl adjacent to an activating group) is 1. The van der Waals surface area contributed by atoms with E-state index in [1.165, 1.54) is 32.7 Å². The summed E-state index contributed by atoms with van der Waals surface area (Å²) < 4.78 is 2.13. The zero-order chi connectivity index (χ0) is 19.2. The predicted molar refractivity (Wildman–Crippen MR) is 108 cm³/mol. The van der Waals surface area contributed by atoms with Crippen LogP contribution in [0.25, 0.3) is 0 Å². The molecule has 1 aromatic rings. The van der Waals surface area contributed by atoms with E-state index >= 15 is 0 Å². The van der Waals surface area contributed by atoms with Gasteiger partial charge in [-0.25, -0.2) is 9.78 Å². The van der Waals surface area contributed by atoms with Crippen LogP contribution in [0.5, 0.6) is 0 Å². The predicted octanol–water partition coefficient (Wildman–Crippen LogP) is 1.71. The molecule has 0 aliphatic carbocycles. The van der Waals surface area contributed by atoms with Crippen molar-refractivity contribution in [3.05, 3.63) is 18.2 Å². The Morgan fingerprint density at radius 3 is 2.56 bits per heavy atom. The molecule has 0 saturated carbocycles. The summed E-state index contributed by atoms with van der Waals surface area (Å²) in [5.74, 6) is 2.22. The minimum Gasteiger partial charge on any atom is -0.333 e. The van der Waals surface area contributed by atoms with E-state index < -0.39 is 0 Å². The monoisotopic (exact) mass is 376 g/mol. The molecule has 2 fully saturated rings. The molecule has 7 nitrogen and oxygen atoms in total. The number of urea groups is 1. The highest BCUT2D eigenvalue weighted by atomic mass is 16.2. The average Bonchev–Trinajstić information content (AvgIpc) is 3.08. The largest absolute Gasteiger partial charge is 0.333 e. The van der Waals surface area contributed by atoms with E-state index in [4.69, 9.17) is 0 Å². The molecule has 2 aliphatic heterocycles. The summed E-state index contributed by atoms with van der Waals surface area (Å²) in [5.41, 5.74) is 0. The Bertz CT molecular complexity index is 585. The van der Waals surface area contributed by atoms with Crippen LogP contribution in [0.2, 0.25) is 0 Å². The number of imidazole rings is 1. The third-order valence-electron chi connectivity index (χ3n) is 5.78. The van der Waals surface area contributed by atoms with Crippen LogP contribution in [0, 0.1) is 11.8 Å². The Labute approximate surface area is 163 Å². The molecular formula is C20H36N6O. The SMILES string of the molecule is CC(C)Cn1ccnc1CNC(=O)N1CCC(CN2CCN(C)CC2)CC1. The first-order valence-corrected chi connectivity index (χ1v) is 10.4. The minimum absolute atomic E-state index is 0.0483. The number of hydrogen-bond donors (Lipinski definition) is 1. The van der Waals surface area contributed by atoms with Gasteiger partial charge >= 0.3 is 6.03 Å². The topological polar surface area (TPSA) is 56.6 Å². The van der Waals surface area contributed by atoms with Crippen molar-refractivity contribution in [2.45, 2.75) is 39.8 Å². The summed E-state index contributed by atoms with van der Waals surface area (Å²) in [5, 5.41) is 3.06. The second-order valence-electron chi connectivity index (χ2n) is 8.58. The summed E-state index contributed by atoms with van der Waals surface area (Å²) in [7, 11) is 2.20. The van der Waals surface area contributed by atoms with Gasteiger partial charge < -0.3 is 24.6 Å². The van der Waals surface area contributed by atoms with Gasteiger partial charge in [-0.05, 0) is 31.7 Å². The van der Waals surface area contributed by atoms with Crippen molar-refractivity contribution in [1.29, 1.82) is 0 Å². The maximum atomic E-state index is 12.5. The number of nitrogens with one attached hydrogen (secondary N) is 1. The maximum absolute atomic E-state index is 12.5. The summed E-state index contributed by atoms with van der Waals surface area (Å²) in [6.07, 6.45) is 6.03. The highest BCUT2D eigenvalue weighted by Gasteiger charge is 2.25. The number of aromatic nitrogens is 2. The van der Waals surface area contributed by atoms with Gasteiger partial charge in [-0.1, -0.05) is 13.8 Å². The average molecular weight is 377 g/mol. The quantitative estimate of drug-likeness (QED) is 0.821. The molecular weight excluding hydrogens is 340 g/mol. The Balaban J connectivity index is 1.38. The Hall–Kier alpha value is -1.60.